The van der Waals surface area contributed by atoms with E-state index >= 15 is 0 Å². The number of fused-ring (bicyclic) bond motifs is 1. The van der Waals surface area contributed by atoms with Gasteiger partial charge in [-0.3, -0.25) is 9.58 Å². The van der Waals surface area contributed by atoms with Crippen molar-refractivity contribution in [3.63, 3.8) is 0 Å². The zero-order valence-electron chi connectivity index (χ0n) is 10.2. The monoisotopic (exact) mass is 219 g/mol. The van der Waals surface area contributed by atoms with Crippen molar-refractivity contribution in [3.05, 3.63) is 23.5 Å². The number of rotatable bonds is 2. The minimum Gasteiger partial charge on any atom is -0.321 e. The molecule has 2 unspecified atom stereocenters. The van der Waals surface area contributed by atoms with Crippen LogP contribution in [-0.2, 0) is 0 Å². The maximum Gasteiger partial charge on any atom is 0.0592 e. The second kappa shape index (κ2) is 3.81. The van der Waals surface area contributed by atoms with Gasteiger partial charge in [-0.15, -0.1) is 0 Å². The Hall–Kier alpha value is -0.960. The fourth-order valence-corrected chi connectivity index (χ4v) is 3.27. The van der Waals surface area contributed by atoms with Crippen molar-refractivity contribution in [2.24, 2.45) is 0 Å². The predicted molar refractivity (Wildman–Crippen MR) is 66.3 cm³/mol. The van der Waals surface area contributed by atoms with Crippen LogP contribution in [0.4, 0.5) is 0 Å². The lowest BCUT2D eigenvalue weighted by Gasteiger charge is -2.24. The highest BCUT2D eigenvalue weighted by atomic mass is 15.5. The Balaban J connectivity index is 1.75. The molecule has 2 saturated heterocycles. The van der Waals surface area contributed by atoms with Gasteiger partial charge < -0.3 is 5.43 Å². The molecule has 0 aliphatic carbocycles. The van der Waals surface area contributed by atoms with E-state index in [1.165, 1.54) is 43.7 Å². The second-order valence-electron chi connectivity index (χ2n) is 5.22. The molecule has 1 aromatic rings. The minimum absolute atomic E-state index is 0.646. The van der Waals surface area contributed by atoms with Crippen LogP contribution in [-0.4, -0.2) is 34.7 Å². The van der Waals surface area contributed by atoms with Gasteiger partial charge >= 0.3 is 0 Å². The predicted octanol–water partition coefficient (Wildman–Crippen LogP) is 1.89. The van der Waals surface area contributed by atoms with E-state index in [4.69, 9.17) is 0 Å². The van der Waals surface area contributed by atoms with Crippen molar-refractivity contribution in [2.75, 3.05) is 18.5 Å². The topological polar surface area (TPSA) is 20.2 Å². The minimum atomic E-state index is 0.646. The van der Waals surface area contributed by atoms with Crippen LogP contribution in [0.1, 0.15) is 30.7 Å². The van der Waals surface area contributed by atoms with Crippen LogP contribution in [0.15, 0.2) is 12.1 Å². The van der Waals surface area contributed by atoms with Gasteiger partial charge in [0.05, 0.1) is 6.04 Å². The van der Waals surface area contributed by atoms with Gasteiger partial charge in [-0.05, 0) is 51.8 Å². The average molecular weight is 219 g/mol. The Morgan fingerprint density at radius 3 is 2.62 bits per heavy atom. The number of aryl methyl sites for hydroxylation is 2. The molecule has 1 aromatic heterocycles. The number of nitrogens with one attached hydrogen (secondary N) is 1. The Labute approximate surface area is 97.4 Å². The molecule has 16 heavy (non-hydrogen) atoms. The third kappa shape index (κ3) is 1.54. The standard InChI is InChI=1S/C13H21N3/c1-10-5-6-11(2)16(10)14-12-7-9-15-8-3-4-13(12)15/h5-6,12-14H,3-4,7-9H2,1-2H3. The van der Waals surface area contributed by atoms with Crippen LogP contribution in [0, 0.1) is 13.8 Å². The van der Waals surface area contributed by atoms with Gasteiger partial charge in [0, 0.05) is 24.0 Å². The highest BCUT2D eigenvalue weighted by molar-refractivity contribution is 5.17. The van der Waals surface area contributed by atoms with Crippen LogP contribution in [0.5, 0.6) is 0 Å². The maximum atomic E-state index is 3.70. The fourth-order valence-electron chi connectivity index (χ4n) is 3.27. The van der Waals surface area contributed by atoms with Crippen LogP contribution in [0.3, 0.4) is 0 Å². The van der Waals surface area contributed by atoms with Crippen molar-refractivity contribution < 1.29 is 0 Å². The van der Waals surface area contributed by atoms with Gasteiger partial charge in [-0.2, -0.15) is 0 Å². The maximum absolute atomic E-state index is 3.70. The molecule has 0 saturated carbocycles. The summed E-state index contributed by atoms with van der Waals surface area (Å²) in [6, 6.07) is 5.79. The molecule has 0 spiro atoms. The first-order valence-corrected chi connectivity index (χ1v) is 6.41. The summed E-state index contributed by atoms with van der Waals surface area (Å²) < 4.78 is 2.26. The summed E-state index contributed by atoms with van der Waals surface area (Å²) in [5.41, 5.74) is 6.33. The molecule has 2 aliphatic heterocycles. The van der Waals surface area contributed by atoms with Gasteiger partial charge in [0.15, 0.2) is 0 Å². The molecule has 3 rings (SSSR count). The highest BCUT2D eigenvalue weighted by Crippen LogP contribution is 2.28. The van der Waals surface area contributed by atoms with Crippen molar-refractivity contribution in [3.8, 4) is 0 Å². The number of nitrogens with zero attached hydrogens (tertiary/aromatic N) is 2. The molecule has 0 amide bonds. The average Bonchev–Trinajstić information content (AvgIpc) is 2.91. The van der Waals surface area contributed by atoms with E-state index in [-0.39, 0.29) is 0 Å². The molecule has 0 aromatic carbocycles. The first-order valence-electron chi connectivity index (χ1n) is 6.41. The summed E-state index contributed by atoms with van der Waals surface area (Å²) >= 11 is 0. The van der Waals surface area contributed by atoms with Crippen LogP contribution >= 0.6 is 0 Å². The van der Waals surface area contributed by atoms with Gasteiger partial charge in [0.25, 0.3) is 0 Å². The van der Waals surface area contributed by atoms with E-state index in [2.05, 4.69) is 41.0 Å². The Morgan fingerprint density at radius 2 is 1.88 bits per heavy atom. The molecular formula is C13H21N3. The highest BCUT2D eigenvalue weighted by Gasteiger charge is 2.37. The second-order valence-corrected chi connectivity index (χ2v) is 5.22. The van der Waals surface area contributed by atoms with Crippen LogP contribution in [0.2, 0.25) is 0 Å². The molecule has 0 bridgehead atoms. The Morgan fingerprint density at radius 1 is 1.12 bits per heavy atom. The molecule has 2 atom stereocenters. The number of hydrogen-bond acceptors (Lipinski definition) is 2. The molecule has 3 heterocycles. The Kier molecular flexibility index (Phi) is 2.43. The fraction of sp³-hybridized carbons (Fsp3) is 0.692. The molecule has 2 fully saturated rings. The van der Waals surface area contributed by atoms with E-state index in [1.54, 1.807) is 0 Å². The van der Waals surface area contributed by atoms with E-state index in [0.717, 1.165) is 6.04 Å². The molecule has 88 valence electrons. The summed E-state index contributed by atoms with van der Waals surface area (Å²) in [5, 5.41) is 0. The quantitative estimate of drug-likeness (QED) is 0.819. The van der Waals surface area contributed by atoms with Crippen LogP contribution in [0.25, 0.3) is 0 Å². The lowest BCUT2D eigenvalue weighted by molar-refractivity contribution is 0.314. The van der Waals surface area contributed by atoms with Crippen molar-refractivity contribution >= 4 is 0 Å². The first kappa shape index (κ1) is 10.2. The smallest absolute Gasteiger partial charge is 0.0592 e. The van der Waals surface area contributed by atoms with Gasteiger partial charge in [-0.1, -0.05) is 0 Å². The van der Waals surface area contributed by atoms with E-state index < -0.39 is 0 Å². The normalized spacial score (nSPS) is 29.6. The summed E-state index contributed by atoms with van der Waals surface area (Å²) in [7, 11) is 0. The third-order valence-corrected chi connectivity index (χ3v) is 4.17. The largest absolute Gasteiger partial charge is 0.321 e. The number of aromatic nitrogens is 1. The van der Waals surface area contributed by atoms with Crippen LogP contribution < -0.4 is 5.43 Å². The van der Waals surface area contributed by atoms with E-state index in [0.29, 0.717) is 6.04 Å². The lowest BCUT2D eigenvalue weighted by Crippen LogP contribution is -2.38. The molecule has 1 N–H and O–H groups in total. The van der Waals surface area contributed by atoms with Gasteiger partial charge in [-0.25, -0.2) is 0 Å². The molecule has 2 aliphatic rings. The first-order chi connectivity index (χ1) is 7.75. The molecule has 0 radical (unpaired) electrons. The van der Waals surface area contributed by atoms with Gasteiger partial charge in [0.2, 0.25) is 0 Å². The van der Waals surface area contributed by atoms with Gasteiger partial charge in [0.1, 0.15) is 0 Å². The van der Waals surface area contributed by atoms with E-state index in [1.807, 2.05) is 0 Å². The molecule has 3 heteroatoms. The zero-order chi connectivity index (χ0) is 11.1. The van der Waals surface area contributed by atoms with Crippen molar-refractivity contribution in [1.29, 1.82) is 0 Å². The summed E-state index contributed by atoms with van der Waals surface area (Å²) in [4.78, 5) is 2.64. The third-order valence-electron chi connectivity index (χ3n) is 4.17. The lowest BCUT2D eigenvalue weighted by atomic mass is 10.1. The molecular weight excluding hydrogens is 198 g/mol. The summed E-state index contributed by atoms with van der Waals surface area (Å²) in [5.74, 6) is 0. The summed E-state index contributed by atoms with van der Waals surface area (Å²) in [6.45, 7) is 6.93. The van der Waals surface area contributed by atoms with Crippen molar-refractivity contribution in [2.45, 2.75) is 45.2 Å². The zero-order valence-corrected chi connectivity index (χ0v) is 10.2. The molecule has 3 nitrogen and oxygen atoms in total. The SMILES string of the molecule is Cc1ccc(C)n1NC1CCN2CCCC12. The Bertz CT molecular complexity index is 363. The van der Waals surface area contributed by atoms with E-state index in [9.17, 15) is 0 Å². The summed E-state index contributed by atoms with van der Waals surface area (Å²) in [6.07, 6.45) is 4.05. The number of hydrogen-bond donors (Lipinski definition) is 1. The van der Waals surface area contributed by atoms with Crippen molar-refractivity contribution in [1.82, 2.24) is 9.58 Å².